The summed E-state index contributed by atoms with van der Waals surface area (Å²) in [6, 6.07) is 8.22. The lowest BCUT2D eigenvalue weighted by atomic mass is 10.2. The van der Waals surface area contributed by atoms with Gasteiger partial charge in [0.05, 0.1) is 28.8 Å². The van der Waals surface area contributed by atoms with Gasteiger partial charge in [-0.05, 0) is 45.4 Å². The smallest absolute Gasteiger partial charge is 0.110 e. The van der Waals surface area contributed by atoms with Gasteiger partial charge in [0, 0.05) is 19.6 Å². The van der Waals surface area contributed by atoms with Gasteiger partial charge in [-0.2, -0.15) is 5.26 Å². The summed E-state index contributed by atoms with van der Waals surface area (Å²) in [5.41, 5.74) is 2.65. The SMILES string of the molecule is COC(C)CCc1nc2cc(C#N)ccc2n1C(C)C. The minimum Gasteiger partial charge on any atom is -0.382 e. The Morgan fingerprint density at radius 1 is 1.35 bits per heavy atom. The van der Waals surface area contributed by atoms with Crippen LogP contribution in [0.4, 0.5) is 0 Å². The van der Waals surface area contributed by atoms with Gasteiger partial charge in [0.15, 0.2) is 0 Å². The van der Waals surface area contributed by atoms with Crippen LogP contribution < -0.4 is 0 Å². The molecule has 4 nitrogen and oxygen atoms in total. The van der Waals surface area contributed by atoms with E-state index < -0.39 is 0 Å². The van der Waals surface area contributed by atoms with Gasteiger partial charge >= 0.3 is 0 Å². The molecule has 0 aliphatic rings. The summed E-state index contributed by atoms with van der Waals surface area (Å²) in [7, 11) is 1.73. The third-order valence-corrected chi connectivity index (χ3v) is 3.58. The largest absolute Gasteiger partial charge is 0.382 e. The highest BCUT2D eigenvalue weighted by Crippen LogP contribution is 2.23. The molecule has 20 heavy (non-hydrogen) atoms. The number of aryl methyl sites for hydroxylation is 1. The zero-order valence-corrected chi connectivity index (χ0v) is 12.6. The Labute approximate surface area is 120 Å². The Hall–Kier alpha value is -1.86. The van der Waals surface area contributed by atoms with Crippen molar-refractivity contribution in [1.29, 1.82) is 5.26 Å². The zero-order chi connectivity index (χ0) is 14.7. The third kappa shape index (κ3) is 2.83. The maximum Gasteiger partial charge on any atom is 0.110 e. The summed E-state index contributed by atoms with van der Waals surface area (Å²) in [5, 5.41) is 8.99. The average Bonchev–Trinajstić information content (AvgIpc) is 2.81. The van der Waals surface area contributed by atoms with Crippen molar-refractivity contribution in [2.45, 2.75) is 45.8 Å². The van der Waals surface area contributed by atoms with E-state index in [1.54, 1.807) is 7.11 Å². The van der Waals surface area contributed by atoms with Gasteiger partial charge in [-0.1, -0.05) is 0 Å². The molecule has 106 valence electrons. The first-order valence-electron chi connectivity index (χ1n) is 7.00. The molecule has 0 radical (unpaired) electrons. The number of hydrogen-bond acceptors (Lipinski definition) is 3. The first-order valence-corrected chi connectivity index (χ1v) is 7.00. The van der Waals surface area contributed by atoms with E-state index in [-0.39, 0.29) is 6.10 Å². The van der Waals surface area contributed by atoms with Crippen LogP contribution in [-0.4, -0.2) is 22.8 Å². The van der Waals surface area contributed by atoms with Crippen molar-refractivity contribution >= 4 is 11.0 Å². The normalized spacial score (nSPS) is 12.8. The van der Waals surface area contributed by atoms with Crippen LogP contribution in [0.2, 0.25) is 0 Å². The van der Waals surface area contributed by atoms with Crippen LogP contribution >= 0.6 is 0 Å². The van der Waals surface area contributed by atoms with Crippen molar-refractivity contribution < 1.29 is 4.74 Å². The first-order chi connectivity index (χ1) is 9.56. The fraction of sp³-hybridized carbons (Fsp3) is 0.500. The number of nitrogens with zero attached hydrogens (tertiary/aromatic N) is 3. The number of rotatable bonds is 5. The van der Waals surface area contributed by atoms with Crippen molar-refractivity contribution in [2.75, 3.05) is 7.11 Å². The van der Waals surface area contributed by atoms with Crippen LogP contribution in [0.3, 0.4) is 0 Å². The predicted octanol–water partition coefficient (Wildman–Crippen LogP) is 3.46. The molecule has 0 bridgehead atoms. The number of fused-ring (bicyclic) bond motifs is 1. The van der Waals surface area contributed by atoms with E-state index in [9.17, 15) is 0 Å². The molecule has 2 aromatic rings. The summed E-state index contributed by atoms with van der Waals surface area (Å²) < 4.78 is 7.55. The fourth-order valence-corrected chi connectivity index (χ4v) is 2.42. The van der Waals surface area contributed by atoms with Crippen molar-refractivity contribution in [3.63, 3.8) is 0 Å². The van der Waals surface area contributed by atoms with Gasteiger partial charge in [-0.15, -0.1) is 0 Å². The summed E-state index contributed by atoms with van der Waals surface area (Å²) in [6.07, 6.45) is 2.05. The third-order valence-electron chi connectivity index (χ3n) is 3.58. The molecule has 1 atom stereocenters. The van der Waals surface area contributed by atoms with E-state index in [0.29, 0.717) is 11.6 Å². The highest BCUT2D eigenvalue weighted by atomic mass is 16.5. The Morgan fingerprint density at radius 2 is 2.10 bits per heavy atom. The molecule has 0 aliphatic carbocycles. The molecule has 1 heterocycles. The van der Waals surface area contributed by atoms with Crippen LogP contribution in [0.15, 0.2) is 18.2 Å². The molecular weight excluding hydrogens is 250 g/mol. The second-order valence-corrected chi connectivity index (χ2v) is 5.39. The number of benzene rings is 1. The average molecular weight is 271 g/mol. The van der Waals surface area contributed by atoms with Gasteiger partial charge in [-0.25, -0.2) is 4.98 Å². The van der Waals surface area contributed by atoms with Crippen molar-refractivity contribution in [3.8, 4) is 6.07 Å². The van der Waals surface area contributed by atoms with E-state index in [2.05, 4.69) is 31.4 Å². The number of nitriles is 1. The molecule has 0 amide bonds. The van der Waals surface area contributed by atoms with Gasteiger partial charge < -0.3 is 9.30 Å². The van der Waals surface area contributed by atoms with Crippen molar-refractivity contribution in [1.82, 2.24) is 9.55 Å². The quantitative estimate of drug-likeness (QED) is 0.836. The first kappa shape index (κ1) is 14.5. The molecule has 2 rings (SSSR count). The Balaban J connectivity index is 2.42. The van der Waals surface area contributed by atoms with Crippen molar-refractivity contribution in [3.05, 3.63) is 29.6 Å². The molecule has 0 aliphatic heterocycles. The minimum atomic E-state index is 0.227. The number of imidazole rings is 1. The van der Waals surface area contributed by atoms with E-state index >= 15 is 0 Å². The minimum absolute atomic E-state index is 0.227. The highest BCUT2D eigenvalue weighted by Gasteiger charge is 2.14. The molecule has 1 unspecified atom stereocenters. The Bertz CT molecular complexity index is 637. The zero-order valence-electron chi connectivity index (χ0n) is 12.6. The van der Waals surface area contributed by atoms with Gasteiger partial charge in [0.1, 0.15) is 5.82 Å². The second kappa shape index (κ2) is 6.06. The van der Waals surface area contributed by atoms with Crippen LogP contribution in [-0.2, 0) is 11.2 Å². The lowest BCUT2D eigenvalue weighted by Gasteiger charge is -2.14. The van der Waals surface area contributed by atoms with Gasteiger partial charge in [-0.3, -0.25) is 0 Å². The standard InChI is InChI=1S/C16H21N3O/c1-11(2)19-15-7-6-13(10-17)9-14(15)18-16(19)8-5-12(3)20-4/h6-7,9,11-12H,5,8H2,1-4H3. The Morgan fingerprint density at radius 3 is 2.70 bits per heavy atom. The number of ether oxygens (including phenoxy) is 1. The molecule has 4 heteroatoms. The molecule has 0 fully saturated rings. The monoisotopic (exact) mass is 271 g/mol. The van der Waals surface area contributed by atoms with E-state index in [1.807, 2.05) is 18.2 Å². The topological polar surface area (TPSA) is 50.8 Å². The number of methoxy groups -OCH3 is 1. The lowest BCUT2D eigenvalue weighted by molar-refractivity contribution is 0.110. The second-order valence-electron chi connectivity index (χ2n) is 5.39. The predicted molar refractivity (Wildman–Crippen MR) is 79.6 cm³/mol. The van der Waals surface area contributed by atoms with Gasteiger partial charge in [0.25, 0.3) is 0 Å². The molecule has 1 aromatic heterocycles. The Kier molecular flexibility index (Phi) is 4.41. The molecule has 0 saturated carbocycles. The van der Waals surface area contributed by atoms with Crippen LogP contribution in [0.5, 0.6) is 0 Å². The molecule has 0 saturated heterocycles. The van der Waals surface area contributed by atoms with E-state index in [1.165, 1.54) is 0 Å². The lowest BCUT2D eigenvalue weighted by Crippen LogP contribution is -2.11. The molecular formula is C16H21N3O. The van der Waals surface area contributed by atoms with Crippen molar-refractivity contribution in [2.24, 2.45) is 0 Å². The highest BCUT2D eigenvalue weighted by molar-refractivity contribution is 5.78. The number of hydrogen-bond donors (Lipinski definition) is 0. The fourth-order valence-electron chi connectivity index (χ4n) is 2.42. The summed E-state index contributed by atoms with van der Waals surface area (Å²) in [6.45, 7) is 6.38. The molecule has 1 aromatic carbocycles. The number of aromatic nitrogens is 2. The maximum absolute atomic E-state index is 8.99. The van der Waals surface area contributed by atoms with Crippen LogP contribution in [0.1, 0.15) is 44.6 Å². The maximum atomic E-state index is 8.99. The van der Waals surface area contributed by atoms with Crippen LogP contribution in [0.25, 0.3) is 11.0 Å². The van der Waals surface area contributed by atoms with Gasteiger partial charge in [0.2, 0.25) is 0 Å². The van der Waals surface area contributed by atoms with Crippen LogP contribution in [0, 0.1) is 11.3 Å². The summed E-state index contributed by atoms with van der Waals surface area (Å²) in [4.78, 5) is 4.71. The van der Waals surface area contributed by atoms with E-state index in [0.717, 1.165) is 29.7 Å². The molecule has 0 N–H and O–H groups in total. The molecule has 0 spiro atoms. The summed E-state index contributed by atoms with van der Waals surface area (Å²) in [5.74, 6) is 1.06. The summed E-state index contributed by atoms with van der Waals surface area (Å²) >= 11 is 0. The van der Waals surface area contributed by atoms with E-state index in [4.69, 9.17) is 15.0 Å².